The van der Waals surface area contributed by atoms with E-state index in [2.05, 4.69) is 0 Å². The van der Waals surface area contributed by atoms with E-state index in [0.29, 0.717) is 25.9 Å². The van der Waals surface area contributed by atoms with Gasteiger partial charge in [-0.15, -0.1) is 0 Å². The molecule has 1 amide bonds. The molecular weight excluding hydrogens is 291 g/mol. The molecule has 0 aromatic heterocycles. The highest BCUT2D eigenvalue weighted by Crippen LogP contribution is 2.36. The van der Waals surface area contributed by atoms with Crippen LogP contribution < -0.4 is 0 Å². The number of piperidine rings is 1. The van der Waals surface area contributed by atoms with Gasteiger partial charge in [0.05, 0.1) is 12.5 Å². The van der Waals surface area contributed by atoms with Crippen molar-refractivity contribution >= 4 is 11.9 Å². The molecule has 0 spiro atoms. The third-order valence-electron chi connectivity index (χ3n) is 4.40. The molecule has 0 saturated carbocycles. The van der Waals surface area contributed by atoms with E-state index in [0.717, 1.165) is 4.90 Å². The Hall–Kier alpha value is -1.31. The Kier molecular flexibility index (Phi) is 4.75. The largest absolute Gasteiger partial charge is 0.481 e. The molecule has 8 heteroatoms. The van der Waals surface area contributed by atoms with Crippen LogP contribution in [-0.2, 0) is 14.3 Å². The number of rotatable bonds is 2. The molecule has 120 valence electrons. The number of likely N-dealkylation sites (tertiary alicyclic amines) is 1. The van der Waals surface area contributed by atoms with E-state index >= 15 is 0 Å². The second-order valence-corrected chi connectivity index (χ2v) is 5.60. The predicted molar refractivity (Wildman–Crippen MR) is 65.4 cm³/mol. The maximum absolute atomic E-state index is 12.4. The van der Waals surface area contributed by atoms with Gasteiger partial charge in [0.25, 0.3) is 0 Å². The summed E-state index contributed by atoms with van der Waals surface area (Å²) < 4.78 is 42.3. The maximum atomic E-state index is 12.4. The first kappa shape index (κ1) is 16.1. The summed E-state index contributed by atoms with van der Waals surface area (Å²) in [6.45, 7) is 0.706. The fourth-order valence-electron chi connectivity index (χ4n) is 3.28. The van der Waals surface area contributed by atoms with Crippen molar-refractivity contribution in [3.05, 3.63) is 0 Å². The third-order valence-corrected chi connectivity index (χ3v) is 4.40. The predicted octanol–water partition coefficient (Wildman–Crippen LogP) is 1.52. The number of carbonyl (C=O) groups is 2. The summed E-state index contributed by atoms with van der Waals surface area (Å²) in [4.78, 5) is 23.2. The number of carboxylic acid groups (broad SMARTS) is 1. The third kappa shape index (κ3) is 3.66. The maximum Gasteiger partial charge on any atom is 0.471 e. The number of hydrogen-bond acceptors (Lipinski definition) is 3. The molecule has 0 radical (unpaired) electrons. The average molecular weight is 309 g/mol. The molecule has 21 heavy (non-hydrogen) atoms. The number of aliphatic carboxylic acids is 1. The number of hydrogen-bond donors (Lipinski definition) is 1. The summed E-state index contributed by atoms with van der Waals surface area (Å²) in [6.07, 6.45) is -3.41. The van der Waals surface area contributed by atoms with Crippen molar-refractivity contribution < 1.29 is 32.6 Å². The molecule has 5 nitrogen and oxygen atoms in total. The minimum Gasteiger partial charge on any atom is -0.481 e. The van der Waals surface area contributed by atoms with E-state index in [4.69, 9.17) is 4.74 Å². The van der Waals surface area contributed by atoms with Gasteiger partial charge in [-0.1, -0.05) is 0 Å². The van der Waals surface area contributed by atoms with E-state index in [1.165, 1.54) is 0 Å². The Morgan fingerprint density at radius 2 is 1.76 bits per heavy atom. The number of ether oxygens (including phenoxy) is 1. The summed E-state index contributed by atoms with van der Waals surface area (Å²) in [5, 5.41) is 9.19. The Labute approximate surface area is 120 Å². The summed E-state index contributed by atoms with van der Waals surface area (Å²) in [7, 11) is 0. The van der Waals surface area contributed by atoms with Crippen LogP contribution in [0.3, 0.4) is 0 Å². The molecule has 2 atom stereocenters. The van der Waals surface area contributed by atoms with Crippen molar-refractivity contribution in [2.45, 2.75) is 25.4 Å². The Bertz CT molecular complexity index is 405. The Morgan fingerprint density at radius 3 is 2.29 bits per heavy atom. The highest BCUT2D eigenvalue weighted by Gasteiger charge is 2.45. The van der Waals surface area contributed by atoms with Gasteiger partial charge in [0.15, 0.2) is 0 Å². The second kappa shape index (κ2) is 6.21. The lowest BCUT2D eigenvalue weighted by atomic mass is 9.74. The van der Waals surface area contributed by atoms with Gasteiger partial charge in [-0.2, -0.15) is 13.2 Å². The summed E-state index contributed by atoms with van der Waals surface area (Å²) in [5.41, 5.74) is 0. The van der Waals surface area contributed by atoms with Crippen molar-refractivity contribution in [2.75, 3.05) is 26.3 Å². The lowest BCUT2D eigenvalue weighted by molar-refractivity contribution is -0.187. The number of halogens is 3. The van der Waals surface area contributed by atoms with Crippen LogP contribution >= 0.6 is 0 Å². The zero-order chi connectivity index (χ0) is 15.6. The fourth-order valence-corrected chi connectivity index (χ4v) is 3.28. The zero-order valence-corrected chi connectivity index (χ0v) is 11.4. The summed E-state index contributed by atoms with van der Waals surface area (Å²) in [6, 6.07) is 0. The van der Waals surface area contributed by atoms with Crippen molar-refractivity contribution in [1.82, 2.24) is 4.90 Å². The first-order chi connectivity index (χ1) is 9.80. The number of carbonyl (C=O) groups excluding carboxylic acids is 1. The van der Waals surface area contributed by atoms with E-state index in [9.17, 15) is 27.9 Å². The lowest BCUT2D eigenvalue weighted by Gasteiger charge is -2.40. The van der Waals surface area contributed by atoms with Gasteiger partial charge in [0.1, 0.15) is 0 Å². The standard InChI is InChI=1S/C13H18F3NO4/c14-13(15,16)12(20)17-4-1-8(2-5-17)9-3-6-21-7-10(9)11(18)19/h8-10H,1-7H2,(H,18,19). The molecular formula is C13H18F3NO4. The molecule has 0 bridgehead atoms. The number of carboxylic acids is 1. The lowest BCUT2D eigenvalue weighted by Crippen LogP contribution is -2.48. The van der Waals surface area contributed by atoms with E-state index < -0.39 is 24.0 Å². The van der Waals surface area contributed by atoms with Crippen LogP contribution in [0, 0.1) is 17.8 Å². The number of amides is 1. The van der Waals surface area contributed by atoms with Gasteiger partial charge in [0, 0.05) is 19.7 Å². The van der Waals surface area contributed by atoms with Crippen molar-refractivity contribution in [3.63, 3.8) is 0 Å². The molecule has 2 rings (SSSR count). The quantitative estimate of drug-likeness (QED) is 0.840. The van der Waals surface area contributed by atoms with Crippen LogP contribution in [0.5, 0.6) is 0 Å². The molecule has 2 unspecified atom stereocenters. The highest BCUT2D eigenvalue weighted by molar-refractivity contribution is 5.81. The molecule has 1 N–H and O–H groups in total. The van der Waals surface area contributed by atoms with Gasteiger partial charge in [-0.25, -0.2) is 0 Å². The summed E-state index contributed by atoms with van der Waals surface area (Å²) >= 11 is 0. The van der Waals surface area contributed by atoms with Crippen LogP contribution in [0.15, 0.2) is 0 Å². The second-order valence-electron chi connectivity index (χ2n) is 5.60. The number of nitrogens with zero attached hydrogens (tertiary/aromatic N) is 1. The molecule has 2 saturated heterocycles. The highest BCUT2D eigenvalue weighted by atomic mass is 19.4. The van der Waals surface area contributed by atoms with Crippen LogP contribution in [0.1, 0.15) is 19.3 Å². The van der Waals surface area contributed by atoms with E-state index in [1.54, 1.807) is 0 Å². The molecule has 2 heterocycles. The van der Waals surface area contributed by atoms with Crippen molar-refractivity contribution in [1.29, 1.82) is 0 Å². The first-order valence-electron chi connectivity index (χ1n) is 6.97. The zero-order valence-electron chi connectivity index (χ0n) is 11.4. The first-order valence-corrected chi connectivity index (χ1v) is 6.97. The smallest absolute Gasteiger partial charge is 0.471 e. The van der Waals surface area contributed by atoms with E-state index in [-0.39, 0.29) is 31.5 Å². The van der Waals surface area contributed by atoms with Crippen LogP contribution in [0.4, 0.5) is 13.2 Å². The fraction of sp³-hybridized carbons (Fsp3) is 0.846. The van der Waals surface area contributed by atoms with Crippen LogP contribution in [0.25, 0.3) is 0 Å². The normalized spacial score (nSPS) is 28.4. The molecule has 2 aliphatic heterocycles. The SMILES string of the molecule is O=C(O)C1COCCC1C1CCN(C(=O)C(F)(F)F)CC1. The van der Waals surface area contributed by atoms with Gasteiger partial charge < -0.3 is 14.7 Å². The van der Waals surface area contributed by atoms with Gasteiger partial charge >= 0.3 is 18.1 Å². The monoisotopic (exact) mass is 309 g/mol. The van der Waals surface area contributed by atoms with Crippen LogP contribution in [-0.4, -0.2) is 54.4 Å². The van der Waals surface area contributed by atoms with Gasteiger partial charge in [-0.05, 0) is 31.1 Å². The van der Waals surface area contributed by atoms with Gasteiger partial charge in [0.2, 0.25) is 0 Å². The minimum atomic E-state index is -4.84. The molecule has 0 aromatic rings. The van der Waals surface area contributed by atoms with E-state index in [1.807, 2.05) is 0 Å². The average Bonchev–Trinajstić information content (AvgIpc) is 2.45. The van der Waals surface area contributed by atoms with Crippen LogP contribution in [0.2, 0.25) is 0 Å². The minimum absolute atomic E-state index is 0.0344. The molecule has 0 aliphatic carbocycles. The summed E-state index contributed by atoms with van der Waals surface area (Å²) in [5.74, 6) is -3.38. The van der Waals surface area contributed by atoms with Crippen molar-refractivity contribution in [3.8, 4) is 0 Å². The Balaban J connectivity index is 1.94. The molecule has 2 fully saturated rings. The Morgan fingerprint density at radius 1 is 1.14 bits per heavy atom. The van der Waals surface area contributed by atoms with Gasteiger partial charge in [-0.3, -0.25) is 9.59 Å². The molecule has 0 aromatic carbocycles. The number of alkyl halides is 3. The van der Waals surface area contributed by atoms with Crippen molar-refractivity contribution in [2.24, 2.45) is 17.8 Å². The topological polar surface area (TPSA) is 66.8 Å². The molecule has 2 aliphatic rings.